The van der Waals surface area contributed by atoms with Gasteiger partial charge in [0.05, 0.1) is 12.3 Å². The van der Waals surface area contributed by atoms with Crippen molar-refractivity contribution in [3.8, 4) is 11.3 Å². The number of benzene rings is 1. The van der Waals surface area contributed by atoms with Crippen molar-refractivity contribution in [2.75, 3.05) is 12.3 Å². The lowest BCUT2D eigenvalue weighted by Crippen LogP contribution is -2.08. The van der Waals surface area contributed by atoms with E-state index < -0.39 is 5.97 Å². The van der Waals surface area contributed by atoms with E-state index in [1.165, 1.54) is 16.9 Å². The van der Waals surface area contributed by atoms with Gasteiger partial charge in [0.25, 0.3) is 0 Å². The predicted octanol–water partition coefficient (Wildman–Crippen LogP) is 3.69. The van der Waals surface area contributed by atoms with Crippen molar-refractivity contribution in [2.45, 2.75) is 27.2 Å². The molecule has 0 saturated heterocycles. The molecule has 0 aliphatic rings. The van der Waals surface area contributed by atoms with Gasteiger partial charge < -0.3 is 10.5 Å². The molecule has 0 amide bonds. The minimum absolute atomic E-state index is 0.185. The average Bonchev–Trinajstić information content (AvgIpc) is 3.03. The van der Waals surface area contributed by atoms with E-state index >= 15 is 0 Å². The van der Waals surface area contributed by atoms with Crippen LogP contribution in [0.25, 0.3) is 16.2 Å². The average molecular weight is 329 g/mol. The van der Waals surface area contributed by atoms with Crippen LogP contribution in [-0.2, 0) is 11.2 Å². The number of carbonyl (C=O) groups is 1. The zero-order chi connectivity index (χ0) is 16.6. The van der Waals surface area contributed by atoms with Crippen LogP contribution in [0, 0.1) is 6.92 Å². The highest BCUT2D eigenvalue weighted by atomic mass is 32.1. The highest BCUT2D eigenvalue weighted by molar-refractivity contribution is 7.17. The molecule has 3 aromatic rings. The van der Waals surface area contributed by atoms with Gasteiger partial charge in [-0.25, -0.2) is 9.78 Å². The van der Waals surface area contributed by atoms with Gasteiger partial charge in [-0.15, -0.1) is 11.3 Å². The van der Waals surface area contributed by atoms with Crippen LogP contribution in [0.15, 0.2) is 24.3 Å². The highest BCUT2D eigenvalue weighted by Crippen LogP contribution is 2.34. The first-order valence-electron chi connectivity index (χ1n) is 7.60. The topological polar surface area (TPSA) is 69.6 Å². The number of rotatable bonds is 4. The minimum Gasteiger partial charge on any atom is -0.461 e. The number of ether oxygens (including phenoxy) is 1. The summed E-state index contributed by atoms with van der Waals surface area (Å²) in [5, 5.41) is 0. The quantitative estimate of drug-likeness (QED) is 0.741. The van der Waals surface area contributed by atoms with Crippen molar-refractivity contribution in [1.29, 1.82) is 0 Å². The number of hydrogen-bond donors (Lipinski definition) is 1. The van der Waals surface area contributed by atoms with Crippen molar-refractivity contribution in [2.24, 2.45) is 0 Å². The lowest BCUT2D eigenvalue weighted by atomic mass is 10.1. The molecule has 23 heavy (non-hydrogen) atoms. The molecule has 0 fully saturated rings. The molecule has 6 heteroatoms. The first-order valence-corrected chi connectivity index (χ1v) is 8.42. The van der Waals surface area contributed by atoms with E-state index in [1.807, 2.05) is 11.3 Å². The van der Waals surface area contributed by atoms with E-state index in [-0.39, 0.29) is 5.69 Å². The molecule has 1 aromatic carbocycles. The molecule has 0 unspecified atom stereocenters. The Morgan fingerprint density at radius 3 is 2.61 bits per heavy atom. The second-order valence-electron chi connectivity index (χ2n) is 5.24. The van der Waals surface area contributed by atoms with Crippen LogP contribution in [0.5, 0.6) is 0 Å². The zero-order valence-corrected chi connectivity index (χ0v) is 14.2. The van der Waals surface area contributed by atoms with Crippen LogP contribution >= 0.6 is 11.3 Å². The Bertz CT molecular complexity index is 862. The van der Waals surface area contributed by atoms with Gasteiger partial charge in [0.15, 0.2) is 10.7 Å². The minimum atomic E-state index is -0.481. The summed E-state index contributed by atoms with van der Waals surface area (Å²) in [6.45, 7) is 6.22. The number of carbonyl (C=O) groups excluding carboxylic acids is 1. The van der Waals surface area contributed by atoms with Crippen LogP contribution in [0.2, 0.25) is 0 Å². The van der Waals surface area contributed by atoms with Crippen molar-refractivity contribution in [1.82, 2.24) is 9.38 Å². The zero-order valence-electron chi connectivity index (χ0n) is 13.4. The van der Waals surface area contributed by atoms with Crippen LogP contribution in [0.3, 0.4) is 0 Å². The largest absolute Gasteiger partial charge is 0.461 e. The highest BCUT2D eigenvalue weighted by Gasteiger charge is 2.23. The Balaban J connectivity index is 2.16. The monoisotopic (exact) mass is 329 g/mol. The standard InChI is InChI=1S/C17H19N3O2S/c1-4-11-6-8-12(9-7-11)14-10(3)23-17-19-13(15(18)20(14)17)16(21)22-5-2/h6-9H,4-5,18H2,1-3H3. The SMILES string of the molecule is CCOC(=O)c1nc2sc(C)c(-c3ccc(CC)cc3)n2c1N. The molecule has 0 atom stereocenters. The maximum absolute atomic E-state index is 12.0. The molecule has 0 radical (unpaired) electrons. The maximum Gasteiger partial charge on any atom is 0.360 e. The van der Waals surface area contributed by atoms with Crippen molar-refractivity contribution < 1.29 is 9.53 Å². The summed E-state index contributed by atoms with van der Waals surface area (Å²) < 4.78 is 6.86. The van der Waals surface area contributed by atoms with Crippen LogP contribution in [0.4, 0.5) is 5.82 Å². The molecule has 0 saturated carbocycles. The van der Waals surface area contributed by atoms with E-state index in [2.05, 4.69) is 36.2 Å². The number of aromatic nitrogens is 2. The predicted molar refractivity (Wildman–Crippen MR) is 93.0 cm³/mol. The fourth-order valence-electron chi connectivity index (χ4n) is 2.62. The summed E-state index contributed by atoms with van der Waals surface area (Å²) in [4.78, 5) is 18.1. The van der Waals surface area contributed by atoms with E-state index in [9.17, 15) is 4.79 Å². The first-order chi connectivity index (χ1) is 11.1. The Labute approximate surface area is 138 Å². The summed E-state index contributed by atoms with van der Waals surface area (Å²) in [6, 6.07) is 8.38. The molecule has 3 rings (SSSR count). The van der Waals surface area contributed by atoms with E-state index in [0.29, 0.717) is 17.4 Å². The lowest BCUT2D eigenvalue weighted by molar-refractivity contribution is 0.0521. The number of hydrogen-bond acceptors (Lipinski definition) is 5. The van der Waals surface area contributed by atoms with Gasteiger partial charge in [-0.2, -0.15) is 0 Å². The van der Waals surface area contributed by atoms with Crippen LogP contribution < -0.4 is 5.73 Å². The Kier molecular flexibility index (Phi) is 4.09. The van der Waals surface area contributed by atoms with E-state index in [0.717, 1.165) is 22.6 Å². The van der Waals surface area contributed by atoms with Gasteiger partial charge in [0, 0.05) is 4.88 Å². The molecule has 0 aliphatic heterocycles. The third kappa shape index (κ3) is 2.59. The third-order valence-corrected chi connectivity index (χ3v) is 4.74. The number of nitrogens with zero attached hydrogens (tertiary/aromatic N) is 2. The number of fused-ring (bicyclic) bond motifs is 1. The summed E-state index contributed by atoms with van der Waals surface area (Å²) in [7, 11) is 0. The van der Waals surface area contributed by atoms with Gasteiger partial charge >= 0.3 is 5.97 Å². The summed E-state index contributed by atoms with van der Waals surface area (Å²) in [6.07, 6.45) is 0.999. The van der Waals surface area contributed by atoms with Crippen molar-refractivity contribution in [3.63, 3.8) is 0 Å². The van der Waals surface area contributed by atoms with Gasteiger partial charge in [-0.1, -0.05) is 31.2 Å². The summed E-state index contributed by atoms with van der Waals surface area (Å²) >= 11 is 1.52. The number of nitrogens with two attached hydrogens (primary N) is 1. The normalized spacial score (nSPS) is 11.1. The molecule has 120 valence electrons. The van der Waals surface area contributed by atoms with Crippen LogP contribution in [-0.4, -0.2) is 22.0 Å². The second kappa shape index (κ2) is 6.04. The molecule has 2 heterocycles. The Hall–Kier alpha value is -2.34. The number of esters is 1. The van der Waals surface area contributed by atoms with Crippen molar-refractivity contribution >= 4 is 28.1 Å². The molecule has 0 aliphatic carbocycles. The molecule has 0 spiro atoms. The van der Waals surface area contributed by atoms with Crippen LogP contribution in [0.1, 0.15) is 34.8 Å². The number of aryl methyl sites for hydroxylation is 2. The number of nitrogen functional groups attached to an aromatic ring is 1. The Morgan fingerprint density at radius 1 is 1.30 bits per heavy atom. The smallest absolute Gasteiger partial charge is 0.360 e. The third-order valence-electron chi connectivity index (χ3n) is 3.79. The fourth-order valence-corrected chi connectivity index (χ4v) is 3.62. The van der Waals surface area contributed by atoms with E-state index in [4.69, 9.17) is 10.5 Å². The first kappa shape index (κ1) is 15.6. The number of thiazole rings is 1. The summed E-state index contributed by atoms with van der Waals surface area (Å²) in [5.41, 5.74) is 9.69. The molecule has 2 aromatic heterocycles. The van der Waals surface area contributed by atoms with Gasteiger partial charge in [-0.05, 0) is 31.4 Å². The molecule has 2 N–H and O–H groups in total. The second-order valence-corrected chi connectivity index (χ2v) is 6.42. The van der Waals surface area contributed by atoms with Gasteiger partial charge in [0.2, 0.25) is 0 Å². The van der Waals surface area contributed by atoms with E-state index in [1.54, 1.807) is 6.92 Å². The Morgan fingerprint density at radius 2 is 2.00 bits per heavy atom. The number of imidazole rings is 1. The molecular formula is C17H19N3O2S. The van der Waals surface area contributed by atoms with Gasteiger partial charge in [-0.3, -0.25) is 4.40 Å². The lowest BCUT2D eigenvalue weighted by Gasteiger charge is -2.06. The maximum atomic E-state index is 12.0. The summed E-state index contributed by atoms with van der Waals surface area (Å²) in [5.74, 6) is -0.150. The fraction of sp³-hybridized carbons (Fsp3) is 0.294. The molecule has 0 bridgehead atoms. The number of anilines is 1. The molecule has 5 nitrogen and oxygen atoms in total. The van der Waals surface area contributed by atoms with Crippen molar-refractivity contribution in [3.05, 3.63) is 40.4 Å². The van der Waals surface area contributed by atoms with Gasteiger partial charge in [0.1, 0.15) is 5.82 Å². The molecular weight excluding hydrogens is 310 g/mol.